The van der Waals surface area contributed by atoms with Gasteiger partial charge in [0.25, 0.3) is 0 Å². The van der Waals surface area contributed by atoms with Crippen molar-refractivity contribution in [3.05, 3.63) is 0 Å². The first-order chi connectivity index (χ1) is 3.34. The fourth-order valence-electron chi connectivity index (χ4n) is 0.350. The lowest BCUT2D eigenvalue weighted by Gasteiger charge is -1.84. The van der Waals surface area contributed by atoms with Crippen LogP contribution < -0.4 is 5.90 Å². The van der Waals surface area contributed by atoms with Crippen LogP contribution in [0.3, 0.4) is 0 Å². The largest absolute Gasteiger partial charge is 0.366 e. The average Bonchev–Trinajstić information content (AvgIpc) is 2.22. The van der Waals surface area contributed by atoms with Gasteiger partial charge >= 0.3 is 0 Å². The van der Waals surface area contributed by atoms with Gasteiger partial charge in [0, 0.05) is 0 Å². The molecule has 0 aromatic rings. The minimum Gasteiger partial charge on any atom is -0.366 e. The molecule has 1 fully saturated rings. The Kier molecular flexibility index (Phi) is 1.25. The molecule has 4 nitrogen and oxygen atoms in total. The zero-order valence-corrected chi connectivity index (χ0v) is 3.70. The van der Waals surface area contributed by atoms with Gasteiger partial charge in [-0.3, -0.25) is 0 Å². The summed E-state index contributed by atoms with van der Waals surface area (Å²) >= 11 is 0. The minimum atomic E-state index is -0.636. The van der Waals surface area contributed by atoms with Gasteiger partial charge in [0.05, 0.1) is 6.61 Å². The molecule has 42 valence electrons. The summed E-state index contributed by atoms with van der Waals surface area (Å²) in [5.41, 5.74) is 0. The molecule has 3 N–H and O–H groups in total. The summed E-state index contributed by atoms with van der Waals surface area (Å²) in [7, 11) is 0. The van der Waals surface area contributed by atoms with Crippen molar-refractivity contribution in [2.24, 2.45) is 5.90 Å². The highest BCUT2D eigenvalue weighted by molar-refractivity contribution is 4.72. The number of aliphatic hydroxyl groups is 1. The van der Waals surface area contributed by atoms with Crippen LogP contribution in [0.2, 0.25) is 0 Å². The van der Waals surface area contributed by atoms with Crippen LogP contribution in [0.25, 0.3) is 0 Å². The van der Waals surface area contributed by atoms with Crippen LogP contribution in [0, 0.1) is 0 Å². The number of nitrogens with two attached hydrogens (primary N) is 1. The van der Waals surface area contributed by atoms with E-state index < -0.39 is 6.29 Å². The van der Waals surface area contributed by atoms with Crippen LogP contribution in [-0.4, -0.2) is 24.1 Å². The lowest BCUT2D eigenvalue weighted by molar-refractivity contribution is 0.119. The Hall–Kier alpha value is -0.160. The quantitative estimate of drug-likeness (QED) is 0.334. The van der Waals surface area contributed by atoms with Crippen LogP contribution >= 0.6 is 0 Å². The molecule has 0 aliphatic carbocycles. The molecule has 1 rings (SSSR count). The summed E-state index contributed by atoms with van der Waals surface area (Å²) in [6, 6.07) is 0. The number of ether oxygens (including phenoxy) is 1. The molecule has 1 aliphatic rings. The molecule has 0 radical (unpaired) electrons. The molecule has 1 saturated heterocycles. The Morgan fingerprint density at radius 3 is 2.57 bits per heavy atom. The van der Waals surface area contributed by atoms with Crippen molar-refractivity contribution in [3.63, 3.8) is 0 Å². The van der Waals surface area contributed by atoms with Gasteiger partial charge in [0.2, 0.25) is 0 Å². The summed E-state index contributed by atoms with van der Waals surface area (Å²) in [5.74, 6) is 4.64. The van der Waals surface area contributed by atoms with Gasteiger partial charge < -0.3 is 14.7 Å². The third-order valence-electron chi connectivity index (χ3n) is 0.816. The fraction of sp³-hybridized carbons (Fsp3) is 1.00. The lowest BCUT2D eigenvalue weighted by atomic mass is 10.5. The maximum Gasteiger partial charge on any atom is 0.184 e. The highest BCUT2D eigenvalue weighted by Crippen LogP contribution is 2.17. The molecule has 0 saturated carbocycles. The summed E-state index contributed by atoms with van der Waals surface area (Å²) in [5, 5.41) is 8.40. The first kappa shape index (κ1) is 4.99. The van der Waals surface area contributed by atoms with Gasteiger partial charge in [-0.1, -0.05) is 0 Å². The number of epoxide rings is 1. The maximum absolute atomic E-state index is 8.40. The molecular weight excluding hydrogens is 98.0 g/mol. The van der Waals surface area contributed by atoms with Crippen LogP contribution in [0.4, 0.5) is 0 Å². The SMILES string of the molecule is NOCC1OC1O. The van der Waals surface area contributed by atoms with Gasteiger partial charge in [-0.25, -0.2) is 5.90 Å². The van der Waals surface area contributed by atoms with Crippen LogP contribution in [0.1, 0.15) is 0 Å². The van der Waals surface area contributed by atoms with Crippen molar-refractivity contribution in [1.29, 1.82) is 0 Å². The van der Waals surface area contributed by atoms with Gasteiger partial charge in [0.1, 0.15) is 6.10 Å². The van der Waals surface area contributed by atoms with E-state index in [-0.39, 0.29) is 12.7 Å². The van der Waals surface area contributed by atoms with Gasteiger partial charge in [-0.2, -0.15) is 0 Å². The van der Waals surface area contributed by atoms with E-state index in [0.717, 1.165) is 0 Å². The topological polar surface area (TPSA) is 68.0 Å². The van der Waals surface area contributed by atoms with Crippen molar-refractivity contribution in [2.75, 3.05) is 6.61 Å². The number of hydrogen-bond acceptors (Lipinski definition) is 4. The van der Waals surface area contributed by atoms with E-state index in [9.17, 15) is 0 Å². The highest BCUT2D eigenvalue weighted by Gasteiger charge is 2.36. The summed E-state index contributed by atoms with van der Waals surface area (Å²) in [6.07, 6.45) is -0.812. The maximum atomic E-state index is 8.40. The Labute approximate surface area is 40.8 Å². The molecule has 7 heavy (non-hydrogen) atoms. The van der Waals surface area contributed by atoms with E-state index in [2.05, 4.69) is 15.5 Å². The predicted molar refractivity (Wildman–Crippen MR) is 21.0 cm³/mol. The van der Waals surface area contributed by atoms with Crippen molar-refractivity contribution >= 4 is 0 Å². The second-order valence-corrected chi connectivity index (χ2v) is 1.40. The van der Waals surface area contributed by atoms with Crippen molar-refractivity contribution in [3.8, 4) is 0 Å². The monoisotopic (exact) mass is 105 g/mol. The Morgan fingerprint density at radius 2 is 2.43 bits per heavy atom. The second-order valence-electron chi connectivity index (χ2n) is 1.40. The first-order valence-corrected chi connectivity index (χ1v) is 2.00. The zero-order chi connectivity index (χ0) is 5.28. The molecule has 0 bridgehead atoms. The van der Waals surface area contributed by atoms with Crippen molar-refractivity contribution in [1.82, 2.24) is 0 Å². The molecule has 0 amide bonds. The second kappa shape index (κ2) is 1.75. The molecule has 1 aliphatic heterocycles. The first-order valence-electron chi connectivity index (χ1n) is 2.00. The van der Waals surface area contributed by atoms with E-state index in [4.69, 9.17) is 5.11 Å². The van der Waals surface area contributed by atoms with E-state index in [1.165, 1.54) is 0 Å². The molecule has 4 heteroatoms. The number of hydrogen-bond donors (Lipinski definition) is 2. The van der Waals surface area contributed by atoms with Crippen LogP contribution in [0.5, 0.6) is 0 Å². The molecule has 0 aromatic carbocycles. The third-order valence-corrected chi connectivity index (χ3v) is 0.816. The average molecular weight is 105 g/mol. The third kappa shape index (κ3) is 1.10. The predicted octanol–water partition coefficient (Wildman–Crippen LogP) is -1.41. The summed E-state index contributed by atoms with van der Waals surface area (Å²) in [4.78, 5) is 4.15. The van der Waals surface area contributed by atoms with E-state index in [1.807, 2.05) is 0 Å². The Bertz CT molecular complexity index is 67.2. The fourth-order valence-corrected chi connectivity index (χ4v) is 0.350. The smallest absolute Gasteiger partial charge is 0.184 e. The van der Waals surface area contributed by atoms with E-state index in [0.29, 0.717) is 0 Å². The van der Waals surface area contributed by atoms with Crippen molar-refractivity contribution in [2.45, 2.75) is 12.4 Å². The molecule has 2 atom stereocenters. The van der Waals surface area contributed by atoms with Crippen molar-refractivity contribution < 1.29 is 14.7 Å². The lowest BCUT2D eigenvalue weighted by Crippen LogP contribution is -2.08. The molecule has 2 unspecified atom stereocenters. The van der Waals surface area contributed by atoms with Gasteiger partial charge in [-0.05, 0) is 0 Å². The molecular formula is C3H7NO3. The van der Waals surface area contributed by atoms with Gasteiger partial charge in [-0.15, -0.1) is 0 Å². The number of rotatable bonds is 2. The van der Waals surface area contributed by atoms with E-state index in [1.54, 1.807) is 0 Å². The Morgan fingerprint density at radius 1 is 1.86 bits per heavy atom. The normalized spacial score (nSPS) is 38.6. The molecule has 1 heterocycles. The van der Waals surface area contributed by atoms with Crippen LogP contribution in [-0.2, 0) is 9.57 Å². The minimum absolute atomic E-state index is 0.176. The van der Waals surface area contributed by atoms with E-state index >= 15 is 0 Å². The number of aliphatic hydroxyl groups excluding tert-OH is 1. The van der Waals surface area contributed by atoms with Crippen LogP contribution in [0.15, 0.2) is 0 Å². The molecule has 0 spiro atoms. The zero-order valence-electron chi connectivity index (χ0n) is 3.70. The summed E-state index contributed by atoms with van der Waals surface area (Å²) in [6.45, 7) is 0.279. The summed E-state index contributed by atoms with van der Waals surface area (Å²) < 4.78 is 4.51. The van der Waals surface area contributed by atoms with Gasteiger partial charge in [0.15, 0.2) is 6.29 Å². The highest BCUT2D eigenvalue weighted by atomic mass is 16.7. The standard InChI is InChI=1S/C3H7NO3/c4-6-1-2-3(5)7-2/h2-3,5H,1,4H2. The molecule has 0 aromatic heterocycles. The Balaban J connectivity index is 1.98.